The largest absolute Gasteiger partial charge is 0.497 e. The van der Waals surface area contributed by atoms with Gasteiger partial charge in [0.05, 0.1) is 19.3 Å². The maximum absolute atomic E-state index is 13.8. The number of carbonyl (C=O) groups is 1. The monoisotopic (exact) mass is 275 g/mol. The van der Waals surface area contributed by atoms with Gasteiger partial charge in [-0.3, -0.25) is 4.79 Å². The van der Waals surface area contributed by atoms with Crippen LogP contribution in [0.5, 0.6) is 5.75 Å². The molecule has 2 rings (SSSR count). The number of amides is 1. The van der Waals surface area contributed by atoms with E-state index in [1.165, 1.54) is 19.2 Å². The van der Waals surface area contributed by atoms with Crippen LogP contribution in [0.25, 0.3) is 0 Å². The molecule has 104 valence electrons. The molecule has 2 N–H and O–H groups in total. The lowest BCUT2D eigenvalue weighted by atomic mass is 10.1. The fourth-order valence-corrected chi connectivity index (χ4v) is 1.75. The molecule has 20 heavy (non-hydrogen) atoms. The van der Waals surface area contributed by atoms with Gasteiger partial charge in [0, 0.05) is 11.8 Å². The molecule has 5 heteroatoms. The summed E-state index contributed by atoms with van der Waals surface area (Å²) >= 11 is 0. The third kappa shape index (κ3) is 3.13. The molecule has 0 aromatic heterocycles. The summed E-state index contributed by atoms with van der Waals surface area (Å²) in [7, 11) is 1.43. The fraction of sp³-hybridized carbons (Fsp3) is 0.133. The van der Waals surface area contributed by atoms with E-state index in [0.717, 1.165) is 6.07 Å². The maximum atomic E-state index is 13.8. The highest BCUT2D eigenvalue weighted by Gasteiger charge is 2.12. The van der Waals surface area contributed by atoms with E-state index in [2.05, 4.69) is 5.32 Å². The molecule has 0 fully saturated rings. The van der Waals surface area contributed by atoms with Crippen LogP contribution in [-0.4, -0.2) is 18.1 Å². The van der Waals surface area contributed by atoms with Gasteiger partial charge in [-0.05, 0) is 29.8 Å². The van der Waals surface area contributed by atoms with Gasteiger partial charge in [-0.25, -0.2) is 4.39 Å². The summed E-state index contributed by atoms with van der Waals surface area (Å²) in [5.74, 6) is -0.860. The SMILES string of the molecule is COc1ccc(C(=O)Nc2cccc(CO)c2)c(F)c1. The third-order valence-electron chi connectivity index (χ3n) is 2.79. The van der Waals surface area contributed by atoms with Gasteiger partial charge in [0.2, 0.25) is 0 Å². The fourth-order valence-electron chi connectivity index (χ4n) is 1.75. The van der Waals surface area contributed by atoms with Crippen molar-refractivity contribution in [2.24, 2.45) is 0 Å². The molecule has 0 aliphatic carbocycles. The van der Waals surface area contributed by atoms with Crippen LogP contribution in [0.15, 0.2) is 42.5 Å². The number of aliphatic hydroxyl groups is 1. The highest BCUT2D eigenvalue weighted by Crippen LogP contribution is 2.18. The van der Waals surface area contributed by atoms with Crippen molar-refractivity contribution in [1.29, 1.82) is 0 Å². The van der Waals surface area contributed by atoms with Crippen LogP contribution < -0.4 is 10.1 Å². The van der Waals surface area contributed by atoms with E-state index >= 15 is 0 Å². The second kappa shape index (κ2) is 6.16. The van der Waals surface area contributed by atoms with Crippen LogP contribution in [0.3, 0.4) is 0 Å². The molecule has 0 radical (unpaired) electrons. The summed E-state index contributed by atoms with van der Waals surface area (Å²) in [6.45, 7) is -0.124. The molecule has 0 saturated carbocycles. The predicted octanol–water partition coefficient (Wildman–Crippen LogP) is 2.58. The van der Waals surface area contributed by atoms with Crippen LogP contribution >= 0.6 is 0 Å². The summed E-state index contributed by atoms with van der Waals surface area (Å²) in [6, 6.07) is 10.7. The van der Waals surface area contributed by atoms with Crippen LogP contribution in [0.4, 0.5) is 10.1 Å². The quantitative estimate of drug-likeness (QED) is 0.901. The first kappa shape index (κ1) is 14.0. The van der Waals surface area contributed by atoms with Gasteiger partial charge < -0.3 is 15.2 Å². The molecule has 0 bridgehead atoms. The minimum absolute atomic E-state index is 0.0693. The standard InChI is InChI=1S/C15H14FNO3/c1-20-12-5-6-13(14(16)8-12)15(19)17-11-4-2-3-10(7-11)9-18/h2-8,18H,9H2,1H3,(H,17,19). The van der Waals surface area contributed by atoms with Gasteiger partial charge in [0.15, 0.2) is 0 Å². The van der Waals surface area contributed by atoms with Crippen LogP contribution in [0.2, 0.25) is 0 Å². The summed E-state index contributed by atoms with van der Waals surface area (Å²) in [4.78, 5) is 12.0. The van der Waals surface area contributed by atoms with Crippen LogP contribution in [-0.2, 0) is 6.61 Å². The molecule has 0 unspecified atom stereocenters. The first-order chi connectivity index (χ1) is 9.63. The molecular weight excluding hydrogens is 261 g/mol. The zero-order chi connectivity index (χ0) is 14.5. The summed E-state index contributed by atoms with van der Waals surface area (Å²) in [5, 5.41) is 11.6. The Morgan fingerprint density at radius 3 is 2.75 bits per heavy atom. The Hall–Kier alpha value is -2.40. The van der Waals surface area contributed by atoms with E-state index in [1.54, 1.807) is 24.3 Å². The molecule has 0 aliphatic heterocycles. The Kier molecular flexibility index (Phi) is 4.32. The summed E-state index contributed by atoms with van der Waals surface area (Å²) in [6.07, 6.45) is 0. The van der Waals surface area contributed by atoms with Gasteiger partial charge in [0.1, 0.15) is 11.6 Å². The lowest BCUT2D eigenvalue weighted by Crippen LogP contribution is -2.14. The highest BCUT2D eigenvalue weighted by molar-refractivity contribution is 6.04. The molecule has 0 heterocycles. The molecular formula is C15H14FNO3. The van der Waals surface area contributed by atoms with Crippen molar-refractivity contribution in [3.05, 3.63) is 59.4 Å². The van der Waals surface area contributed by atoms with E-state index in [1.807, 2.05) is 0 Å². The number of hydrogen-bond acceptors (Lipinski definition) is 3. The van der Waals surface area contributed by atoms with E-state index < -0.39 is 11.7 Å². The molecule has 0 saturated heterocycles. The number of rotatable bonds is 4. The Balaban J connectivity index is 2.19. The minimum Gasteiger partial charge on any atom is -0.497 e. The second-order valence-electron chi connectivity index (χ2n) is 4.16. The van der Waals surface area contributed by atoms with Crippen molar-refractivity contribution in [2.45, 2.75) is 6.61 Å². The molecule has 2 aromatic rings. The third-order valence-corrected chi connectivity index (χ3v) is 2.79. The first-order valence-electron chi connectivity index (χ1n) is 5.98. The van der Waals surface area contributed by atoms with Crippen molar-refractivity contribution >= 4 is 11.6 Å². The number of anilines is 1. The number of nitrogens with one attached hydrogen (secondary N) is 1. The second-order valence-corrected chi connectivity index (χ2v) is 4.16. The van der Waals surface area contributed by atoms with Crippen molar-refractivity contribution in [3.8, 4) is 5.75 Å². The Morgan fingerprint density at radius 1 is 1.30 bits per heavy atom. The van der Waals surface area contributed by atoms with Crippen molar-refractivity contribution in [2.75, 3.05) is 12.4 Å². The Morgan fingerprint density at radius 2 is 2.10 bits per heavy atom. The average molecular weight is 275 g/mol. The topological polar surface area (TPSA) is 58.6 Å². The molecule has 0 aliphatic rings. The molecule has 2 aromatic carbocycles. The van der Waals surface area contributed by atoms with E-state index in [-0.39, 0.29) is 12.2 Å². The van der Waals surface area contributed by atoms with Crippen LogP contribution in [0, 0.1) is 5.82 Å². The van der Waals surface area contributed by atoms with E-state index in [9.17, 15) is 9.18 Å². The molecule has 0 atom stereocenters. The minimum atomic E-state index is -0.653. The highest BCUT2D eigenvalue weighted by atomic mass is 19.1. The zero-order valence-corrected chi connectivity index (χ0v) is 10.9. The number of benzene rings is 2. The zero-order valence-electron chi connectivity index (χ0n) is 10.9. The van der Waals surface area contributed by atoms with Gasteiger partial charge in [-0.2, -0.15) is 0 Å². The maximum Gasteiger partial charge on any atom is 0.258 e. The van der Waals surface area contributed by atoms with Gasteiger partial charge in [-0.15, -0.1) is 0 Å². The number of hydrogen-bond donors (Lipinski definition) is 2. The molecule has 1 amide bonds. The lowest BCUT2D eigenvalue weighted by molar-refractivity contribution is 0.102. The predicted molar refractivity (Wildman–Crippen MR) is 73.3 cm³/mol. The number of aliphatic hydroxyl groups excluding tert-OH is 1. The first-order valence-corrected chi connectivity index (χ1v) is 5.98. The van der Waals surface area contributed by atoms with Crippen molar-refractivity contribution in [3.63, 3.8) is 0 Å². The van der Waals surface area contributed by atoms with Crippen LogP contribution in [0.1, 0.15) is 15.9 Å². The van der Waals surface area contributed by atoms with Gasteiger partial charge >= 0.3 is 0 Å². The number of halogens is 1. The summed E-state index contributed by atoms with van der Waals surface area (Å²) < 4.78 is 18.6. The van der Waals surface area contributed by atoms with Gasteiger partial charge in [-0.1, -0.05) is 12.1 Å². The Bertz CT molecular complexity index is 628. The average Bonchev–Trinajstić information content (AvgIpc) is 2.47. The van der Waals surface area contributed by atoms with Crippen molar-refractivity contribution < 1.29 is 19.0 Å². The number of carbonyl (C=O) groups excluding carboxylic acids is 1. The molecule has 0 spiro atoms. The number of methoxy groups -OCH3 is 1. The van der Waals surface area contributed by atoms with Crippen molar-refractivity contribution in [1.82, 2.24) is 0 Å². The smallest absolute Gasteiger partial charge is 0.258 e. The number of ether oxygens (including phenoxy) is 1. The normalized spacial score (nSPS) is 10.2. The van der Waals surface area contributed by atoms with Gasteiger partial charge in [0.25, 0.3) is 5.91 Å². The lowest BCUT2D eigenvalue weighted by Gasteiger charge is -2.08. The molecule has 4 nitrogen and oxygen atoms in total. The Labute approximate surface area is 115 Å². The van der Waals surface area contributed by atoms with E-state index in [4.69, 9.17) is 9.84 Å². The van der Waals surface area contributed by atoms with E-state index in [0.29, 0.717) is 17.0 Å². The summed E-state index contributed by atoms with van der Waals surface area (Å²) in [5.41, 5.74) is 1.09.